The Bertz CT molecular complexity index is 358. The van der Waals surface area contributed by atoms with Gasteiger partial charge in [0.15, 0.2) is 0 Å². The van der Waals surface area contributed by atoms with E-state index in [-0.39, 0.29) is 0 Å². The molecular formula is C14H20N2. The van der Waals surface area contributed by atoms with E-state index in [1.807, 2.05) is 0 Å². The number of anilines is 1. The number of benzene rings is 1. The van der Waals surface area contributed by atoms with Crippen molar-refractivity contribution < 1.29 is 0 Å². The number of nitrogens with zero attached hydrogens (tertiary/aromatic N) is 1. The summed E-state index contributed by atoms with van der Waals surface area (Å²) in [5.74, 6) is 0. The molecule has 2 atom stereocenters. The molecule has 0 bridgehead atoms. The number of nitrogens with one attached hydrogen (secondary N) is 1. The minimum atomic E-state index is 0.732. The van der Waals surface area contributed by atoms with Gasteiger partial charge in [-0.15, -0.1) is 0 Å². The third kappa shape index (κ3) is 1.71. The SMILES string of the molecule is Cc1ccc(N2CCCC3NCCC32)cc1. The van der Waals surface area contributed by atoms with E-state index >= 15 is 0 Å². The molecule has 2 nitrogen and oxygen atoms in total. The van der Waals surface area contributed by atoms with Crippen molar-refractivity contribution in [2.75, 3.05) is 18.0 Å². The normalized spacial score (nSPS) is 29.2. The van der Waals surface area contributed by atoms with Gasteiger partial charge >= 0.3 is 0 Å². The molecule has 2 aliphatic heterocycles. The third-order valence-corrected chi connectivity index (χ3v) is 3.99. The van der Waals surface area contributed by atoms with Crippen molar-refractivity contribution in [1.29, 1.82) is 0 Å². The minimum absolute atomic E-state index is 0.732. The first-order valence-corrected chi connectivity index (χ1v) is 6.41. The van der Waals surface area contributed by atoms with Gasteiger partial charge in [0.05, 0.1) is 0 Å². The van der Waals surface area contributed by atoms with Crippen LogP contribution in [0.5, 0.6) is 0 Å². The fourth-order valence-electron chi connectivity index (χ4n) is 3.13. The van der Waals surface area contributed by atoms with Gasteiger partial charge in [-0.1, -0.05) is 17.7 Å². The number of rotatable bonds is 1. The average molecular weight is 216 g/mol. The molecule has 0 radical (unpaired) electrons. The molecule has 0 aliphatic carbocycles. The highest BCUT2D eigenvalue weighted by Gasteiger charge is 2.34. The second-order valence-corrected chi connectivity index (χ2v) is 5.09. The lowest BCUT2D eigenvalue weighted by molar-refractivity contribution is 0.412. The predicted octanol–water partition coefficient (Wildman–Crippen LogP) is 2.33. The summed E-state index contributed by atoms with van der Waals surface area (Å²) in [6, 6.07) is 10.5. The lowest BCUT2D eigenvalue weighted by atomic mass is 9.96. The fraction of sp³-hybridized carbons (Fsp3) is 0.571. The Morgan fingerprint density at radius 3 is 2.81 bits per heavy atom. The summed E-state index contributed by atoms with van der Waals surface area (Å²) in [5.41, 5.74) is 2.76. The topological polar surface area (TPSA) is 15.3 Å². The van der Waals surface area contributed by atoms with Crippen molar-refractivity contribution in [3.8, 4) is 0 Å². The van der Waals surface area contributed by atoms with Gasteiger partial charge in [0.25, 0.3) is 0 Å². The molecule has 2 fully saturated rings. The third-order valence-electron chi connectivity index (χ3n) is 3.99. The monoisotopic (exact) mass is 216 g/mol. The summed E-state index contributed by atoms with van der Waals surface area (Å²) < 4.78 is 0. The van der Waals surface area contributed by atoms with Crippen LogP contribution in [0.25, 0.3) is 0 Å². The predicted molar refractivity (Wildman–Crippen MR) is 68.0 cm³/mol. The lowest BCUT2D eigenvalue weighted by Crippen LogP contribution is -2.48. The number of hydrogen-bond acceptors (Lipinski definition) is 2. The van der Waals surface area contributed by atoms with Gasteiger partial charge in [-0.3, -0.25) is 0 Å². The van der Waals surface area contributed by atoms with E-state index in [0.29, 0.717) is 0 Å². The molecule has 2 heteroatoms. The minimum Gasteiger partial charge on any atom is -0.367 e. The van der Waals surface area contributed by atoms with Crippen LogP contribution in [0.2, 0.25) is 0 Å². The smallest absolute Gasteiger partial charge is 0.0455 e. The standard InChI is InChI=1S/C14H20N2/c1-11-4-6-12(7-5-11)16-10-2-3-13-14(16)8-9-15-13/h4-7,13-15H,2-3,8-10H2,1H3. The van der Waals surface area contributed by atoms with Gasteiger partial charge in [0, 0.05) is 24.3 Å². The molecule has 2 heterocycles. The summed E-state index contributed by atoms with van der Waals surface area (Å²) in [5, 5.41) is 3.63. The molecule has 2 aliphatic rings. The molecule has 16 heavy (non-hydrogen) atoms. The zero-order valence-electron chi connectivity index (χ0n) is 9.95. The fourth-order valence-corrected chi connectivity index (χ4v) is 3.13. The number of fused-ring (bicyclic) bond motifs is 1. The van der Waals surface area contributed by atoms with Gasteiger partial charge in [-0.2, -0.15) is 0 Å². The van der Waals surface area contributed by atoms with E-state index in [2.05, 4.69) is 41.4 Å². The maximum atomic E-state index is 3.63. The van der Waals surface area contributed by atoms with Crippen molar-refractivity contribution in [2.24, 2.45) is 0 Å². The summed E-state index contributed by atoms with van der Waals surface area (Å²) in [4.78, 5) is 2.60. The van der Waals surface area contributed by atoms with E-state index in [4.69, 9.17) is 0 Å². The van der Waals surface area contributed by atoms with Crippen LogP contribution in [-0.2, 0) is 0 Å². The molecule has 1 aromatic rings. The zero-order chi connectivity index (χ0) is 11.0. The van der Waals surface area contributed by atoms with E-state index in [1.54, 1.807) is 0 Å². The Morgan fingerprint density at radius 1 is 1.19 bits per heavy atom. The maximum absolute atomic E-state index is 3.63. The van der Waals surface area contributed by atoms with E-state index < -0.39 is 0 Å². The van der Waals surface area contributed by atoms with E-state index in [0.717, 1.165) is 12.1 Å². The molecule has 0 aromatic heterocycles. The Balaban J connectivity index is 1.85. The van der Waals surface area contributed by atoms with Crippen LogP contribution >= 0.6 is 0 Å². The van der Waals surface area contributed by atoms with Crippen LogP contribution in [0.4, 0.5) is 5.69 Å². The summed E-state index contributed by atoms with van der Waals surface area (Å²) >= 11 is 0. The Labute approximate surface area is 97.6 Å². The summed E-state index contributed by atoms with van der Waals surface area (Å²) in [7, 11) is 0. The second-order valence-electron chi connectivity index (χ2n) is 5.09. The van der Waals surface area contributed by atoms with Crippen molar-refractivity contribution >= 4 is 5.69 Å². The molecule has 3 rings (SSSR count). The van der Waals surface area contributed by atoms with E-state index in [9.17, 15) is 0 Å². The highest BCUT2D eigenvalue weighted by atomic mass is 15.2. The molecule has 86 valence electrons. The molecular weight excluding hydrogens is 196 g/mol. The molecule has 2 unspecified atom stereocenters. The molecule has 2 saturated heterocycles. The maximum Gasteiger partial charge on any atom is 0.0455 e. The molecule has 0 amide bonds. The molecule has 1 N–H and O–H groups in total. The van der Waals surface area contributed by atoms with Crippen LogP contribution in [0.1, 0.15) is 24.8 Å². The number of hydrogen-bond donors (Lipinski definition) is 1. The zero-order valence-corrected chi connectivity index (χ0v) is 9.95. The van der Waals surface area contributed by atoms with Gasteiger partial charge in [0.2, 0.25) is 0 Å². The highest BCUT2D eigenvalue weighted by Crippen LogP contribution is 2.29. The molecule has 0 spiro atoms. The summed E-state index contributed by atoms with van der Waals surface area (Å²) in [6.07, 6.45) is 3.98. The van der Waals surface area contributed by atoms with Gasteiger partial charge in [-0.05, 0) is 44.9 Å². The second kappa shape index (κ2) is 4.10. The Morgan fingerprint density at radius 2 is 2.00 bits per heavy atom. The summed E-state index contributed by atoms with van der Waals surface area (Å²) in [6.45, 7) is 4.57. The first kappa shape index (κ1) is 10.2. The van der Waals surface area contributed by atoms with Crippen molar-refractivity contribution in [1.82, 2.24) is 5.32 Å². The van der Waals surface area contributed by atoms with Gasteiger partial charge in [0.1, 0.15) is 0 Å². The first-order valence-electron chi connectivity index (χ1n) is 6.41. The van der Waals surface area contributed by atoms with E-state index in [1.165, 1.54) is 43.6 Å². The van der Waals surface area contributed by atoms with Crippen LogP contribution in [-0.4, -0.2) is 25.2 Å². The Hall–Kier alpha value is -1.02. The number of piperidine rings is 1. The van der Waals surface area contributed by atoms with Crippen LogP contribution in [0.3, 0.4) is 0 Å². The van der Waals surface area contributed by atoms with Crippen LogP contribution < -0.4 is 10.2 Å². The van der Waals surface area contributed by atoms with Gasteiger partial charge < -0.3 is 10.2 Å². The van der Waals surface area contributed by atoms with Crippen molar-refractivity contribution in [2.45, 2.75) is 38.3 Å². The quantitative estimate of drug-likeness (QED) is 0.775. The average Bonchev–Trinajstić information content (AvgIpc) is 2.78. The van der Waals surface area contributed by atoms with Crippen molar-refractivity contribution in [3.63, 3.8) is 0 Å². The number of aryl methyl sites for hydroxylation is 1. The molecule has 1 aromatic carbocycles. The van der Waals surface area contributed by atoms with Crippen LogP contribution in [0, 0.1) is 6.92 Å². The largest absolute Gasteiger partial charge is 0.367 e. The van der Waals surface area contributed by atoms with Crippen LogP contribution in [0.15, 0.2) is 24.3 Å². The molecule has 0 saturated carbocycles. The first-order chi connectivity index (χ1) is 7.84. The Kier molecular flexibility index (Phi) is 2.60. The van der Waals surface area contributed by atoms with Gasteiger partial charge in [-0.25, -0.2) is 0 Å². The highest BCUT2D eigenvalue weighted by molar-refractivity contribution is 5.49. The van der Waals surface area contributed by atoms with Crippen molar-refractivity contribution in [3.05, 3.63) is 29.8 Å². The lowest BCUT2D eigenvalue weighted by Gasteiger charge is -2.39.